The fourth-order valence-corrected chi connectivity index (χ4v) is 21.2. The number of rotatable bonds is 16. The maximum atomic E-state index is 13.0. The predicted octanol–water partition coefficient (Wildman–Crippen LogP) is 16.0. The van der Waals surface area contributed by atoms with Crippen LogP contribution in [0.25, 0.3) is 89.0 Å². The number of sulfonamides is 1. The summed E-state index contributed by atoms with van der Waals surface area (Å²) in [6, 6.07) is 76.9. The van der Waals surface area contributed by atoms with E-state index in [4.69, 9.17) is 23.2 Å². The molecule has 6 N–H and O–H groups in total. The van der Waals surface area contributed by atoms with E-state index in [0.717, 1.165) is 88.5 Å². The van der Waals surface area contributed by atoms with Gasteiger partial charge in [0.15, 0.2) is 11.6 Å². The first kappa shape index (κ1) is 90.3. The van der Waals surface area contributed by atoms with Crippen LogP contribution in [-0.4, -0.2) is 160 Å². The van der Waals surface area contributed by atoms with E-state index in [-0.39, 0.29) is 38.7 Å². The molecule has 4 aliphatic heterocycles. The van der Waals surface area contributed by atoms with Crippen LogP contribution in [0.2, 0.25) is 10.0 Å². The highest BCUT2D eigenvalue weighted by Gasteiger charge is 2.36. The first-order valence-corrected chi connectivity index (χ1v) is 48.3. The number of hydrogen-bond acceptors (Lipinski definition) is 20. The van der Waals surface area contributed by atoms with Gasteiger partial charge < -0.3 is 21.3 Å². The lowest BCUT2D eigenvalue weighted by Crippen LogP contribution is -2.30. The molecule has 10 heterocycles. The third-order valence-electron chi connectivity index (χ3n) is 22.2. The molecule has 31 nitrogen and oxygen atoms in total. The van der Waals surface area contributed by atoms with Crippen LogP contribution in [0.5, 0.6) is 0 Å². The number of fused-ring (bicyclic) bond motifs is 4. The van der Waals surface area contributed by atoms with Crippen LogP contribution in [0.3, 0.4) is 0 Å². The van der Waals surface area contributed by atoms with Crippen molar-refractivity contribution in [2.75, 3.05) is 97.1 Å². The molecule has 133 heavy (non-hydrogen) atoms. The summed E-state index contributed by atoms with van der Waals surface area (Å²) in [6.45, 7) is 6.46. The van der Waals surface area contributed by atoms with E-state index < -0.39 is 52.5 Å². The first-order valence-electron chi connectivity index (χ1n) is 41.7. The zero-order chi connectivity index (χ0) is 92.9. The maximum Gasteiger partial charge on any atom is 0.303 e. The number of halogens is 2. The van der Waals surface area contributed by atoms with Gasteiger partial charge in [-0.25, -0.2) is 33.3 Å². The van der Waals surface area contributed by atoms with Gasteiger partial charge in [-0.3, -0.25) is 51.4 Å². The van der Waals surface area contributed by atoms with Crippen LogP contribution >= 0.6 is 23.2 Å². The molecule has 0 spiro atoms. The Bertz CT molecular complexity index is 7550. The van der Waals surface area contributed by atoms with Gasteiger partial charge in [-0.2, -0.15) is 39.0 Å². The Labute approximate surface area is 775 Å². The summed E-state index contributed by atoms with van der Waals surface area (Å²) >= 11 is 12.8. The van der Waals surface area contributed by atoms with Crippen molar-refractivity contribution in [1.29, 1.82) is 0 Å². The number of para-hydroxylation sites is 2. The number of pyridine rings is 4. The number of likely N-dealkylation sites (N-methyl/N-ethyl adjacent to an activating group) is 1. The lowest BCUT2D eigenvalue weighted by atomic mass is 10.0. The Morgan fingerprint density at radius 2 is 0.872 bits per heavy atom. The molecule has 6 aromatic heterocycles. The Hall–Kier alpha value is -14.7. The number of carbonyl (C=O) groups is 4. The van der Waals surface area contributed by atoms with Crippen molar-refractivity contribution in [3.8, 4) is 45.3 Å². The number of carbonyl (C=O) groups excluding carboxylic acids is 4. The Morgan fingerprint density at radius 3 is 1.44 bits per heavy atom. The zero-order valence-corrected chi connectivity index (χ0v) is 76.0. The van der Waals surface area contributed by atoms with E-state index in [1.54, 1.807) is 104 Å². The summed E-state index contributed by atoms with van der Waals surface area (Å²) in [5.41, 5.74) is 16.7. The van der Waals surface area contributed by atoms with Crippen molar-refractivity contribution >= 4 is 177 Å². The lowest BCUT2D eigenvalue weighted by molar-refractivity contribution is 0.101. The molecule has 37 heteroatoms. The molecule has 10 aromatic carbocycles. The summed E-state index contributed by atoms with van der Waals surface area (Å²) in [6.07, 6.45) is 9.36. The minimum Gasteiger partial charge on any atom is -0.322 e. The normalized spacial score (nSPS) is 15.1. The highest BCUT2D eigenvalue weighted by Crippen LogP contribution is 2.37. The van der Waals surface area contributed by atoms with Crippen molar-refractivity contribution in [1.82, 2.24) is 53.6 Å². The Morgan fingerprint density at radius 1 is 0.376 bits per heavy atom. The summed E-state index contributed by atoms with van der Waals surface area (Å²) in [5, 5.41) is 14.7. The molecular formula is C96H81Cl2N19O12S4. The van der Waals surface area contributed by atoms with Crippen LogP contribution in [0.4, 0.5) is 45.5 Å². The fourth-order valence-electron chi connectivity index (χ4n) is 15.3. The van der Waals surface area contributed by atoms with Crippen LogP contribution < -0.4 is 47.9 Å². The van der Waals surface area contributed by atoms with E-state index in [1.807, 2.05) is 178 Å². The van der Waals surface area contributed by atoms with E-state index in [0.29, 0.717) is 121 Å². The van der Waals surface area contributed by atoms with Crippen molar-refractivity contribution in [3.63, 3.8) is 0 Å². The number of nitrogens with zero attached hydrogens (tertiary/aromatic N) is 13. The molecule has 0 bridgehead atoms. The number of amides is 4. The fraction of sp³-hybridized carbons (Fsp3) is 0.125. The van der Waals surface area contributed by atoms with Crippen LogP contribution in [0.15, 0.2) is 292 Å². The molecule has 4 fully saturated rings. The molecule has 20 rings (SSSR count). The average Bonchev–Trinajstić information content (AvgIpc) is 1.18. The summed E-state index contributed by atoms with van der Waals surface area (Å²) in [7, 11) is -12.4. The second-order valence-electron chi connectivity index (χ2n) is 31.0. The van der Waals surface area contributed by atoms with Crippen LogP contribution in [0, 0.1) is 13.8 Å². The second kappa shape index (κ2) is 38.4. The van der Waals surface area contributed by atoms with Gasteiger partial charge in [0.1, 0.15) is 0 Å². The van der Waals surface area contributed by atoms with Crippen molar-refractivity contribution in [3.05, 3.63) is 335 Å². The molecule has 0 radical (unpaired) electrons. The second-order valence-corrected chi connectivity index (χ2v) is 39.2. The molecule has 16 aromatic rings. The topological polar surface area (TPSA) is 396 Å². The Kier molecular flexibility index (Phi) is 26.1. The Balaban J connectivity index is 0.000000124. The molecule has 4 aliphatic rings. The predicted molar refractivity (Wildman–Crippen MR) is 520 cm³/mol. The summed E-state index contributed by atoms with van der Waals surface area (Å²) < 4.78 is 108. The quantitative estimate of drug-likeness (QED) is 0.0523. The molecule has 0 saturated carbocycles. The largest absolute Gasteiger partial charge is 0.322 e. The third kappa shape index (κ3) is 20.1. The number of aromatic nitrogens is 8. The van der Waals surface area contributed by atoms with Gasteiger partial charge in [0, 0.05) is 156 Å². The maximum absolute atomic E-state index is 13.0. The van der Waals surface area contributed by atoms with Gasteiger partial charge in [0.25, 0.3) is 23.6 Å². The first-order chi connectivity index (χ1) is 64.1. The van der Waals surface area contributed by atoms with Gasteiger partial charge in [-0.15, -0.1) is 0 Å². The molecule has 670 valence electrons. The molecule has 4 saturated heterocycles. The van der Waals surface area contributed by atoms with Crippen molar-refractivity contribution in [2.24, 2.45) is 0 Å². The SMILES string of the molecule is Cc1ccc(NC(=O)c2ccc(N3CCN(C)S3(=O)=O)cc2Cl)cc1-c1ncc2ccccc2n1.Cc1ccc(NC(=O)c2ccc(N3CCNS3(=O)=O)cc2Cl)cc1-c1nccc2ncccc12.O=C(Nc1cccc(-c2ccc3ncccc3n2)c1)c1ccc(N2CCCS2(=O)=O)cc1.O=C(Nc1cccc(-c2ncc3ccccc3n2)c1)c1ccc(N2CCNS2(=O)=O)cc1. The minimum absolute atomic E-state index is 0.159. The standard InChI is InChI=1S/C25H22ClN5O3S.C24H20ClN5O3S.C24H20N4O3S.C23H19N5O3S/c1-16-7-8-18(13-21(16)24-27-15-17-5-3-4-6-23(17)29-24)28-25(32)20-10-9-19(14-22(20)26)31-12-11-30(2)35(31,33)34;1-15-4-5-16(13-20(15)23-19-3-2-9-26-22(19)8-10-27-23)29-24(31)18-7-6-17(14-21(18)25)30-12-11-28-34(30,32)33;29-24(17-7-9-20(10-8-17)28-14-3-15-32(28,30)31)26-19-5-1-4-18(16-19)21-11-12-22-23(27-21)6-2-13-25-22;29-23(16-8-10-20(11-9-16)28-13-12-25-32(28,30)31)26-19-6-3-5-17(14-19)22-24-15-18-4-1-2-7-21(18)27-22/h3-10,13-15H,11-12H2,1-2H3,(H,28,32);2-10,13-14,28H,11-12H2,1H3,(H,29,31);1-2,4-13,16H,3,14-15H2,(H,26,29);1-11,14-15,25H,12-13H2,(H,26,29). The molecular weight excluding hydrogens is 1810 g/mol. The highest BCUT2D eigenvalue weighted by molar-refractivity contribution is 7.93. The van der Waals surface area contributed by atoms with E-state index in [1.165, 1.54) is 52.8 Å². The van der Waals surface area contributed by atoms with E-state index in [2.05, 4.69) is 70.6 Å². The zero-order valence-electron chi connectivity index (χ0n) is 71.2. The van der Waals surface area contributed by atoms with Crippen molar-refractivity contribution in [2.45, 2.75) is 20.3 Å². The van der Waals surface area contributed by atoms with Crippen molar-refractivity contribution < 1.29 is 52.8 Å². The van der Waals surface area contributed by atoms with Gasteiger partial charge in [-0.1, -0.05) is 96.0 Å². The molecule has 0 aliphatic carbocycles. The highest BCUT2D eigenvalue weighted by atomic mass is 35.5. The molecule has 0 unspecified atom stereocenters. The van der Waals surface area contributed by atoms with Gasteiger partial charge in [0.2, 0.25) is 10.0 Å². The van der Waals surface area contributed by atoms with Gasteiger partial charge in [0.05, 0.1) is 88.6 Å². The minimum atomic E-state index is -3.58. The summed E-state index contributed by atoms with van der Waals surface area (Å²) in [5.74, 6) is -0.0718. The number of benzene rings is 10. The average molecular weight is 1890 g/mol. The summed E-state index contributed by atoms with van der Waals surface area (Å²) in [4.78, 5) is 87.5. The lowest BCUT2D eigenvalue weighted by Gasteiger charge is -2.19. The monoisotopic (exact) mass is 1890 g/mol. The van der Waals surface area contributed by atoms with E-state index in [9.17, 15) is 52.8 Å². The number of nitrogens with one attached hydrogen (secondary N) is 6. The smallest absolute Gasteiger partial charge is 0.303 e. The molecule has 4 amide bonds. The number of hydrogen-bond donors (Lipinski definition) is 6. The third-order valence-corrected chi connectivity index (χ3v) is 29.7. The number of anilines is 8. The van der Waals surface area contributed by atoms with Crippen LogP contribution in [0.1, 0.15) is 59.0 Å². The molecule has 0 atom stereocenters. The van der Waals surface area contributed by atoms with Gasteiger partial charge in [-0.05, 0) is 219 Å². The van der Waals surface area contributed by atoms with Crippen LogP contribution in [-0.2, 0) is 40.7 Å². The number of aryl methyl sites for hydroxylation is 2. The van der Waals surface area contributed by atoms with E-state index >= 15 is 0 Å². The van der Waals surface area contributed by atoms with Gasteiger partial charge >= 0.3 is 30.6 Å².